The van der Waals surface area contributed by atoms with Crippen LogP contribution in [0.5, 0.6) is 5.19 Å². The molecule has 2 heterocycles. The topological polar surface area (TPSA) is 42.4 Å². The molecular formula is C18H24N2O2S. The van der Waals surface area contributed by atoms with Gasteiger partial charge < -0.3 is 9.64 Å². The number of hydrogen-bond acceptors (Lipinski definition) is 4. The number of nitrogens with zero attached hydrogens (tertiary/aromatic N) is 2. The zero-order chi connectivity index (χ0) is 15.4. The van der Waals surface area contributed by atoms with E-state index < -0.39 is 0 Å². The van der Waals surface area contributed by atoms with Gasteiger partial charge >= 0.3 is 0 Å². The summed E-state index contributed by atoms with van der Waals surface area (Å²) in [5.41, 5.74) is -0.00911. The number of carbonyl (C=O) groups excluding carboxylic acids is 1. The number of hydrogen-bond donors (Lipinski definition) is 0. The fourth-order valence-corrected chi connectivity index (χ4v) is 6.68. The SMILES string of the molecule is O=C(N1CCC(Oc2nccs2)C1)C12CC3CC(CC(C3)C1)C2. The van der Waals surface area contributed by atoms with E-state index in [1.165, 1.54) is 30.6 Å². The van der Waals surface area contributed by atoms with Gasteiger partial charge in [0.05, 0.1) is 12.0 Å². The number of aromatic nitrogens is 1. The molecule has 5 aliphatic rings. The molecule has 23 heavy (non-hydrogen) atoms. The maximum Gasteiger partial charge on any atom is 0.273 e. The highest BCUT2D eigenvalue weighted by Gasteiger charge is 2.56. The molecule has 1 unspecified atom stereocenters. The molecule has 0 radical (unpaired) electrons. The van der Waals surface area contributed by atoms with Crippen molar-refractivity contribution >= 4 is 17.2 Å². The lowest BCUT2D eigenvalue weighted by atomic mass is 9.49. The normalized spacial score (nSPS) is 41.5. The quantitative estimate of drug-likeness (QED) is 0.852. The Morgan fingerprint density at radius 3 is 2.52 bits per heavy atom. The van der Waals surface area contributed by atoms with Gasteiger partial charge in [0.15, 0.2) is 0 Å². The summed E-state index contributed by atoms with van der Waals surface area (Å²) in [7, 11) is 0. The van der Waals surface area contributed by atoms with E-state index in [0.717, 1.165) is 61.7 Å². The highest BCUT2D eigenvalue weighted by molar-refractivity contribution is 7.11. The fraction of sp³-hybridized carbons (Fsp3) is 0.778. The number of carbonyl (C=O) groups is 1. The van der Waals surface area contributed by atoms with Gasteiger partial charge in [0.1, 0.15) is 6.10 Å². The summed E-state index contributed by atoms with van der Waals surface area (Å²) in [6, 6.07) is 0. The lowest BCUT2D eigenvalue weighted by Crippen LogP contribution is -2.54. The van der Waals surface area contributed by atoms with Gasteiger partial charge in [0.25, 0.3) is 5.19 Å². The summed E-state index contributed by atoms with van der Waals surface area (Å²) in [5, 5.41) is 2.67. The third-order valence-corrected chi connectivity index (χ3v) is 7.26. The zero-order valence-electron chi connectivity index (χ0n) is 13.4. The second-order valence-electron chi connectivity index (χ2n) is 8.28. The third-order valence-electron chi connectivity index (χ3n) is 6.60. The van der Waals surface area contributed by atoms with Crippen molar-refractivity contribution in [1.29, 1.82) is 0 Å². The van der Waals surface area contributed by atoms with Crippen molar-refractivity contribution in [2.75, 3.05) is 13.1 Å². The van der Waals surface area contributed by atoms with Crippen molar-refractivity contribution in [1.82, 2.24) is 9.88 Å². The van der Waals surface area contributed by atoms with E-state index in [1.807, 2.05) is 5.38 Å². The highest BCUT2D eigenvalue weighted by atomic mass is 32.1. The maximum absolute atomic E-state index is 13.3. The summed E-state index contributed by atoms with van der Waals surface area (Å²) in [6.45, 7) is 1.61. The molecule has 5 heteroatoms. The summed E-state index contributed by atoms with van der Waals surface area (Å²) >= 11 is 1.53. The van der Waals surface area contributed by atoms with Gasteiger partial charge in [-0.1, -0.05) is 11.3 Å². The molecule has 1 aliphatic heterocycles. The van der Waals surface area contributed by atoms with Gasteiger partial charge in [-0.3, -0.25) is 4.79 Å². The maximum atomic E-state index is 13.3. The monoisotopic (exact) mass is 332 g/mol. The summed E-state index contributed by atoms with van der Waals surface area (Å²) in [6.07, 6.45) is 10.5. The van der Waals surface area contributed by atoms with E-state index in [-0.39, 0.29) is 11.5 Å². The molecule has 124 valence electrons. The first kappa shape index (κ1) is 14.3. The number of ether oxygens (including phenoxy) is 1. The van der Waals surface area contributed by atoms with E-state index in [9.17, 15) is 4.79 Å². The Balaban J connectivity index is 1.28. The molecule has 1 saturated heterocycles. The van der Waals surface area contributed by atoms with Crippen LogP contribution in [-0.4, -0.2) is 35.0 Å². The van der Waals surface area contributed by atoms with Crippen molar-refractivity contribution in [2.24, 2.45) is 23.2 Å². The lowest BCUT2D eigenvalue weighted by Gasteiger charge is -2.56. The minimum absolute atomic E-state index is 0.00911. The molecule has 4 aliphatic carbocycles. The van der Waals surface area contributed by atoms with Gasteiger partial charge in [-0.05, 0) is 56.3 Å². The molecule has 4 nitrogen and oxygen atoms in total. The smallest absolute Gasteiger partial charge is 0.273 e. The molecule has 6 rings (SSSR count). The molecule has 0 aromatic carbocycles. The molecule has 0 spiro atoms. The van der Waals surface area contributed by atoms with Gasteiger partial charge in [-0.2, -0.15) is 0 Å². The molecule has 1 aromatic rings. The minimum atomic E-state index is -0.00911. The predicted molar refractivity (Wildman–Crippen MR) is 88.3 cm³/mol. The molecule has 4 saturated carbocycles. The van der Waals surface area contributed by atoms with E-state index in [1.54, 1.807) is 6.20 Å². The highest BCUT2D eigenvalue weighted by Crippen LogP contribution is 2.60. The lowest BCUT2D eigenvalue weighted by molar-refractivity contribution is -0.156. The molecule has 1 amide bonds. The Bertz CT molecular complexity index is 565. The van der Waals surface area contributed by atoms with Crippen LogP contribution in [0.25, 0.3) is 0 Å². The molecule has 4 bridgehead atoms. The number of amides is 1. The second-order valence-corrected chi connectivity index (χ2v) is 9.13. The molecule has 0 N–H and O–H groups in total. The van der Waals surface area contributed by atoms with Gasteiger partial charge in [0, 0.05) is 24.5 Å². The van der Waals surface area contributed by atoms with Crippen LogP contribution < -0.4 is 4.74 Å². The Kier molecular flexibility index (Phi) is 3.22. The van der Waals surface area contributed by atoms with Gasteiger partial charge in [-0.15, -0.1) is 0 Å². The van der Waals surface area contributed by atoms with Crippen LogP contribution in [0.3, 0.4) is 0 Å². The average Bonchev–Trinajstić information content (AvgIpc) is 3.17. The van der Waals surface area contributed by atoms with Crippen LogP contribution >= 0.6 is 11.3 Å². The van der Waals surface area contributed by atoms with Crippen molar-refractivity contribution < 1.29 is 9.53 Å². The second kappa shape index (κ2) is 5.20. The van der Waals surface area contributed by atoms with E-state index >= 15 is 0 Å². The van der Waals surface area contributed by atoms with Gasteiger partial charge in [0.2, 0.25) is 5.91 Å². The van der Waals surface area contributed by atoms with Crippen molar-refractivity contribution in [3.8, 4) is 5.19 Å². The van der Waals surface area contributed by atoms with E-state index in [0.29, 0.717) is 5.91 Å². The Labute approximate surface area is 141 Å². The molecular weight excluding hydrogens is 308 g/mol. The summed E-state index contributed by atoms with van der Waals surface area (Å²) in [5.74, 6) is 2.93. The number of thiazole rings is 1. The number of rotatable bonds is 3. The summed E-state index contributed by atoms with van der Waals surface area (Å²) < 4.78 is 5.93. The van der Waals surface area contributed by atoms with Gasteiger partial charge in [-0.25, -0.2) is 4.98 Å². The molecule has 1 aromatic heterocycles. The van der Waals surface area contributed by atoms with Crippen LogP contribution in [0.15, 0.2) is 11.6 Å². The van der Waals surface area contributed by atoms with Crippen LogP contribution in [0.1, 0.15) is 44.9 Å². The van der Waals surface area contributed by atoms with E-state index in [4.69, 9.17) is 4.74 Å². The standard InChI is InChI=1S/C18H24N2O2S/c21-16(18-8-12-5-13(9-18)7-14(6-12)10-18)20-3-1-15(11-20)22-17-19-2-4-23-17/h2,4,12-15H,1,3,5-11H2. The van der Waals surface area contributed by atoms with Crippen molar-refractivity contribution in [3.63, 3.8) is 0 Å². The minimum Gasteiger partial charge on any atom is -0.465 e. The fourth-order valence-electron chi connectivity index (χ4n) is 6.13. The number of likely N-dealkylation sites (tertiary alicyclic amines) is 1. The predicted octanol–water partition coefficient (Wildman–Crippen LogP) is 3.34. The van der Waals surface area contributed by atoms with Crippen molar-refractivity contribution in [2.45, 2.75) is 51.0 Å². The van der Waals surface area contributed by atoms with E-state index in [2.05, 4.69) is 9.88 Å². The Morgan fingerprint density at radius 1 is 1.22 bits per heavy atom. The Hall–Kier alpha value is -1.10. The third kappa shape index (κ3) is 2.39. The average molecular weight is 332 g/mol. The Morgan fingerprint density at radius 2 is 1.91 bits per heavy atom. The first-order valence-electron chi connectivity index (χ1n) is 9.06. The molecule has 5 fully saturated rings. The first-order chi connectivity index (χ1) is 11.2. The van der Waals surface area contributed by atoms with Crippen LogP contribution in [0.2, 0.25) is 0 Å². The van der Waals surface area contributed by atoms with Crippen molar-refractivity contribution in [3.05, 3.63) is 11.6 Å². The first-order valence-corrected chi connectivity index (χ1v) is 9.94. The van der Waals surface area contributed by atoms with Crippen LogP contribution in [0.4, 0.5) is 0 Å². The molecule has 1 atom stereocenters. The largest absolute Gasteiger partial charge is 0.465 e. The summed E-state index contributed by atoms with van der Waals surface area (Å²) in [4.78, 5) is 19.6. The van der Waals surface area contributed by atoms with Crippen LogP contribution in [-0.2, 0) is 4.79 Å². The van der Waals surface area contributed by atoms with Crippen LogP contribution in [0, 0.1) is 23.2 Å². The zero-order valence-corrected chi connectivity index (χ0v) is 14.3.